The van der Waals surface area contributed by atoms with Gasteiger partial charge >= 0.3 is 0 Å². The fraction of sp³-hybridized carbons (Fsp3) is 0.640. The van der Waals surface area contributed by atoms with Gasteiger partial charge in [-0.05, 0) is 64.6 Å². The molecule has 3 aliphatic heterocycles. The Morgan fingerprint density at radius 2 is 1.84 bits per heavy atom. The fourth-order valence-corrected chi connectivity index (χ4v) is 6.70. The molecule has 2 unspecified atom stereocenters. The van der Waals surface area contributed by atoms with E-state index in [1.54, 1.807) is 0 Å². The van der Waals surface area contributed by atoms with E-state index in [9.17, 15) is 9.59 Å². The fourth-order valence-electron chi connectivity index (χ4n) is 5.67. The summed E-state index contributed by atoms with van der Waals surface area (Å²) in [5, 5.41) is 8.81. The van der Waals surface area contributed by atoms with Gasteiger partial charge in [0.1, 0.15) is 5.92 Å². The topological polar surface area (TPSA) is 67.7 Å². The average molecular weight is 457 g/mol. The molecule has 0 spiro atoms. The van der Waals surface area contributed by atoms with Crippen LogP contribution in [0.4, 0.5) is 0 Å². The van der Waals surface area contributed by atoms with E-state index in [2.05, 4.69) is 25.7 Å². The van der Waals surface area contributed by atoms with Gasteiger partial charge in [-0.3, -0.25) is 19.9 Å². The van der Waals surface area contributed by atoms with Crippen LogP contribution in [0.2, 0.25) is 0 Å². The lowest BCUT2D eigenvalue weighted by molar-refractivity contribution is -0.145. The van der Waals surface area contributed by atoms with E-state index in [-0.39, 0.29) is 17.2 Å². The zero-order valence-corrected chi connectivity index (χ0v) is 20.4. The Morgan fingerprint density at radius 1 is 1.16 bits per heavy atom. The van der Waals surface area contributed by atoms with Crippen molar-refractivity contribution in [1.82, 2.24) is 14.7 Å². The Balaban J connectivity index is 1.37. The van der Waals surface area contributed by atoms with Gasteiger partial charge in [0.05, 0.1) is 10.5 Å². The first-order valence-corrected chi connectivity index (χ1v) is 12.9. The van der Waals surface area contributed by atoms with Crippen LogP contribution in [0.15, 0.2) is 29.2 Å². The molecule has 32 heavy (non-hydrogen) atoms. The van der Waals surface area contributed by atoms with Crippen molar-refractivity contribution in [1.29, 1.82) is 5.41 Å². The number of likely N-dealkylation sites (tertiary alicyclic amines) is 2. The number of fused-ring (bicyclic) bond motifs is 1. The smallest absolute Gasteiger partial charge is 0.236 e. The van der Waals surface area contributed by atoms with E-state index in [0.29, 0.717) is 11.1 Å². The molecule has 4 rings (SSSR count). The van der Waals surface area contributed by atoms with Gasteiger partial charge in [0.25, 0.3) is 0 Å². The first kappa shape index (κ1) is 23.3. The number of carbonyl (C=O) groups excluding carboxylic acids is 2. The molecule has 1 aromatic carbocycles. The van der Waals surface area contributed by atoms with Gasteiger partial charge in [-0.1, -0.05) is 30.0 Å². The van der Waals surface area contributed by atoms with Gasteiger partial charge in [-0.15, -0.1) is 0 Å². The molecule has 1 aromatic rings. The first-order chi connectivity index (χ1) is 15.4. The second-order valence-corrected chi connectivity index (χ2v) is 10.7. The number of amides is 2. The van der Waals surface area contributed by atoms with Crippen LogP contribution in [0.3, 0.4) is 0 Å². The summed E-state index contributed by atoms with van der Waals surface area (Å²) in [6.07, 6.45) is 3.89. The molecule has 2 amide bonds. The highest BCUT2D eigenvalue weighted by Crippen LogP contribution is 2.42. The van der Waals surface area contributed by atoms with Crippen molar-refractivity contribution in [3.63, 3.8) is 0 Å². The summed E-state index contributed by atoms with van der Waals surface area (Å²) in [7, 11) is 0. The van der Waals surface area contributed by atoms with Crippen molar-refractivity contribution in [3.05, 3.63) is 29.8 Å². The van der Waals surface area contributed by atoms with Crippen molar-refractivity contribution in [2.75, 3.05) is 39.3 Å². The van der Waals surface area contributed by atoms with Gasteiger partial charge in [-0.2, -0.15) is 0 Å². The highest BCUT2D eigenvalue weighted by molar-refractivity contribution is 8.14. The lowest BCUT2D eigenvalue weighted by atomic mass is 9.79. The SMILES string of the molecule is CCN(CC)C(=O)C1(C)CCCN(C2CCN(C(=O)C3C(=N)Sc4ccccc43)CC2)C1. The van der Waals surface area contributed by atoms with E-state index < -0.39 is 5.92 Å². The molecule has 7 heteroatoms. The highest BCUT2D eigenvalue weighted by Gasteiger charge is 2.43. The highest BCUT2D eigenvalue weighted by atomic mass is 32.2. The van der Waals surface area contributed by atoms with Gasteiger partial charge in [0.2, 0.25) is 11.8 Å². The van der Waals surface area contributed by atoms with Gasteiger partial charge in [-0.25, -0.2) is 0 Å². The number of carbonyl (C=O) groups is 2. The maximum Gasteiger partial charge on any atom is 0.236 e. The van der Waals surface area contributed by atoms with Crippen LogP contribution in [0.1, 0.15) is 57.9 Å². The Kier molecular flexibility index (Phi) is 6.96. The predicted octanol–water partition coefficient (Wildman–Crippen LogP) is 3.81. The zero-order valence-electron chi connectivity index (χ0n) is 19.6. The van der Waals surface area contributed by atoms with Crippen LogP contribution < -0.4 is 0 Å². The normalized spacial score (nSPS) is 26.8. The number of hydrogen-bond acceptors (Lipinski definition) is 5. The van der Waals surface area contributed by atoms with Crippen LogP contribution in [-0.2, 0) is 9.59 Å². The van der Waals surface area contributed by atoms with E-state index in [4.69, 9.17) is 5.41 Å². The van der Waals surface area contributed by atoms with Crippen molar-refractivity contribution >= 4 is 28.6 Å². The standard InChI is InChI=1S/C25H36N4O2S/c1-4-27(5-2)24(31)25(3)13-8-14-29(17-25)18-11-15-28(16-12-18)23(30)21-19-9-6-7-10-20(19)32-22(21)26/h6-7,9-10,18,21,26H,4-5,8,11-17H2,1-3H3. The number of nitrogens with one attached hydrogen (secondary N) is 1. The van der Waals surface area contributed by atoms with E-state index >= 15 is 0 Å². The third kappa shape index (κ3) is 4.34. The van der Waals surface area contributed by atoms with Crippen LogP contribution in [0.25, 0.3) is 0 Å². The summed E-state index contributed by atoms with van der Waals surface area (Å²) in [6, 6.07) is 8.33. The van der Waals surface area contributed by atoms with Crippen molar-refractivity contribution in [3.8, 4) is 0 Å². The molecular formula is C25H36N4O2S. The molecule has 0 aliphatic carbocycles. The first-order valence-electron chi connectivity index (χ1n) is 12.1. The van der Waals surface area contributed by atoms with Crippen LogP contribution in [0.5, 0.6) is 0 Å². The quantitative estimate of drug-likeness (QED) is 0.732. The summed E-state index contributed by atoms with van der Waals surface area (Å²) in [5.74, 6) is -0.0699. The van der Waals surface area contributed by atoms with Crippen LogP contribution in [-0.4, -0.2) is 76.9 Å². The summed E-state index contributed by atoms with van der Waals surface area (Å²) in [5.41, 5.74) is 0.674. The maximum atomic E-state index is 13.3. The summed E-state index contributed by atoms with van der Waals surface area (Å²) >= 11 is 1.41. The average Bonchev–Trinajstić information content (AvgIpc) is 3.15. The molecule has 174 valence electrons. The Bertz CT molecular complexity index is 878. The number of piperidine rings is 2. The monoisotopic (exact) mass is 456 g/mol. The van der Waals surface area contributed by atoms with E-state index in [1.807, 2.05) is 34.1 Å². The molecule has 3 aliphatic rings. The molecule has 3 heterocycles. The molecule has 0 radical (unpaired) electrons. The molecular weight excluding hydrogens is 420 g/mol. The van der Waals surface area contributed by atoms with Gasteiger partial charge < -0.3 is 9.80 Å². The summed E-state index contributed by atoms with van der Waals surface area (Å²) in [6.45, 7) is 11.1. The van der Waals surface area contributed by atoms with Crippen molar-refractivity contribution in [2.45, 2.75) is 63.3 Å². The number of hydrogen-bond donors (Lipinski definition) is 1. The third-order valence-electron chi connectivity index (χ3n) is 7.54. The minimum Gasteiger partial charge on any atom is -0.343 e. The zero-order chi connectivity index (χ0) is 22.9. The van der Waals surface area contributed by atoms with Gasteiger partial charge in [0.15, 0.2) is 0 Å². The second-order valence-electron chi connectivity index (χ2n) is 9.61. The Hall–Kier alpha value is -1.86. The molecule has 6 nitrogen and oxygen atoms in total. The molecule has 0 saturated carbocycles. The van der Waals surface area contributed by atoms with E-state index in [0.717, 1.165) is 75.4 Å². The van der Waals surface area contributed by atoms with Gasteiger partial charge in [0, 0.05) is 43.7 Å². The molecule has 2 saturated heterocycles. The van der Waals surface area contributed by atoms with Crippen molar-refractivity contribution in [2.24, 2.45) is 5.41 Å². The molecule has 2 atom stereocenters. The minimum absolute atomic E-state index is 0.0751. The Labute approximate surface area is 196 Å². The predicted molar refractivity (Wildman–Crippen MR) is 129 cm³/mol. The largest absolute Gasteiger partial charge is 0.343 e. The van der Waals surface area contributed by atoms with Crippen molar-refractivity contribution < 1.29 is 9.59 Å². The summed E-state index contributed by atoms with van der Waals surface area (Å²) < 4.78 is 0. The molecule has 0 bridgehead atoms. The van der Waals surface area contributed by atoms with Crippen LogP contribution >= 0.6 is 11.8 Å². The number of nitrogens with zero attached hydrogens (tertiary/aromatic N) is 3. The molecule has 1 N–H and O–H groups in total. The Morgan fingerprint density at radius 3 is 2.53 bits per heavy atom. The molecule has 0 aromatic heterocycles. The van der Waals surface area contributed by atoms with Crippen LogP contribution in [0, 0.1) is 10.8 Å². The minimum atomic E-state index is -0.433. The number of benzene rings is 1. The maximum absolute atomic E-state index is 13.3. The van der Waals surface area contributed by atoms with E-state index in [1.165, 1.54) is 11.8 Å². The third-order valence-corrected chi connectivity index (χ3v) is 8.59. The number of thioether (sulfide) groups is 1. The lowest BCUT2D eigenvalue weighted by Gasteiger charge is -2.46. The lowest BCUT2D eigenvalue weighted by Crippen LogP contribution is -2.56. The second kappa shape index (κ2) is 9.56. The number of rotatable bonds is 5. The molecule has 2 fully saturated rings. The summed E-state index contributed by atoms with van der Waals surface area (Å²) in [4.78, 5) is 33.9.